The molecule has 0 bridgehead atoms. The number of nitrogens with zero attached hydrogens (tertiary/aromatic N) is 6. The summed E-state index contributed by atoms with van der Waals surface area (Å²) < 4.78 is 5.66. The van der Waals surface area contributed by atoms with Gasteiger partial charge >= 0.3 is 5.97 Å². The molecule has 0 saturated carbocycles. The topological polar surface area (TPSA) is 156 Å². The third-order valence-electron chi connectivity index (χ3n) is 2.90. The molecule has 0 fully saturated rings. The maximum atomic E-state index is 11.2. The van der Waals surface area contributed by atoms with Crippen molar-refractivity contribution < 1.29 is 19.6 Å². The van der Waals surface area contributed by atoms with Gasteiger partial charge in [0.2, 0.25) is 11.6 Å². The molecule has 0 saturated heterocycles. The van der Waals surface area contributed by atoms with Crippen molar-refractivity contribution in [2.24, 2.45) is 0 Å². The third kappa shape index (κ3) is 2.98. The minimum Gasteiger partial charge on any atom is -0.476 e. The lowest BCUT2D eigenvalue weighted by Crippen LogP contribution is -2.28. The van der Waals surface area contributed by atoms with E-state index >= 15 is 0 Å². The molecular formula is C10H15N7O4. The first kappa shape index (κ1) is 14.9. The van der Waals surface area contributed by atoms with Crippen LogP contribution in [0.25, 0.3) is 5.82 Å². The summed E-state index contributed by atoms with van der Waals surface area (Å²) in [6.07, 6.45) is 0. The molecule has 0 aromatic carbocycles. The number of carbonyl (C=O) groups is 1. The number of carboxylic acid groups (broad SMARTS) is 1. The average molecular weight is 297 g/mol. The van der Waals surface area contributed by atoms with E-state index in [0.717, 1.165) is 0 Å². The lowest BCUT2D eigenvalue weighted by molar-refractivity contribution is 0.0687. The maximum Gasteiger partial charge on any atom is 0.358 e. The highest BCUT2D eigenvalue weighted by Gasteiger charge is 2.24. The van der Waals surface area contributed by atoms with Crippen LogP contribution in [0.15, 0.2) is 4.63 Å². The number of aliphatic hydroxyl groups is 1. The molecule has 2 aromatic heterocycles. The summed E-state index contributed by atoms with van der Waals surface area (Å²) in [5, 5.41) is 32.6. The normalized spacial score (nSPS) is 11.2. The Kier molecular flexibility index (Phi) is 4.45. The Labute approximate surface area is 118 Å². The first-order valence-electron chi connectivity index (χ1n) is 6.18. The zero-order valence-electron chi connectivity index (χ0n) is 11.3. The second kappa shape index (κ2) is 6.28. The first-order valence-corrected chi connectivity index (χ1v) is 6.18. The van der Waals surface area contributed by atoms with Crippen molar-refractivity contribution >= 4 is 11.8 Å². The van der Waals surface area contributed by atoms with Crippen molar-refractivity contribution in [3.63, 3.8) is 0 Å². The number of aromatic nitrogens is 5. The molecule has 2 rings (SSSR count). The molecule has 11 heteroatoms. The third-order valence-corrected chi connectivity index (χ3v) is 2.90. The molecule has 2 aromatic rings. The molecule has 0 spiro atoms. The molecule has 0 radical (unpaired) electrons. The quantitative estimate of drug-likeness (QED) is 0.563. The van der Waals surface area contributed by atoms with Gasteiger partial charge < -0.3 is 15.9 Å². The first-order chi connectivity index (χ1) is 10.1. The van der Waals surface area contributed by atoms with Gasteiger partial charge in [-0.25, -0.2) is 9.42 Å². The number of carboxylic acids is 1. The van der Waals surface area contributed by atoms with E-state index in [0.29, 0.717) is 13.1 Å². The average Bonchev–Trinajstić information content (AvgIpc) is 3.04. The molecule has 11 nitrogen and oxygen atoms in total. The van der Waals surface area contributed by atoms with Crippen LogP contribution in [0.1, 0.15) is 23.1 Å². The Bertz CT molecular complexity index is 623. The van der Waals surface area contributed by atoms with E-state index in [1.807, 2.05) is 11.8 Å². The van der Waals surface area contributed by atoms with Gasteiger partial charge in [-0.2, -0.15) is 4.68 Å². The van der Waals surface area contributed by atoms with Gasteiger partial charge in [-0.1, -0.05) is 12.1 Å². The summed E-state index contributed by atoms with van der Waals surface area (Å²) in [5.41, 5.74) is 5.66. The van der Waals surface area contributed by atoms with Gasteiger partial charge in [-0.05, 0) is 16.9 Å². The molecule has 0 atom stereocenters. The number of likely N-dealkylation sites (N-methyl/N-ethyl adjacent to an activating group) is 1. The minimum absolute atomic E-state index is 0.0247. The fraction of sp³-hybridized carbons (Fsp3) is 0.500. The van der Waals surface area contributed by atoms with Gasteiger partial charge in [-0.15, -0.1) is 5.10 Å². The highest BCUT2D eigenvalue weighted by molar-refractivity contribution is 5.86. The minimum atomic E-state index is -1.22. The summed E-state index contributed by atoms with van der Waals surface area (Å²) in [6.45, 7) is 3.03. The second-order valence-electron chi connectivity index (χ2n) is 4.17. The maximum absolute atomic E-state index is 11.2. The largest absolute Gasteiger partial charge is 0.476 e. The predicted molar refractivity (Wildman–Crippen MR) is 68.6 cm³/mol. The van der Waals surface area contributed by atoms with Crippen molar-refractivity contribution in [2.45, 2.75) is 13.5 Å². The molecular weight excluding hydrogens is 282 g/mol. The Morgan fingerprint density at radius 1 is 1.48 bits per heavy atom. The van der Waals surface area contributed by atoms with Gasteiger partial charge in [-0.3, -0.25) is 4.90 Å². The highest BCUT2D eigenvalue weighted by atomic mass is 16.6. The van der Waals surface area contributed by atoms with E-state index in [2.05, 4.69) is 25.3 Å². The Hall–Kier alpha value is -2.53. The number of aromatic carboxylic acids is 1. The van der Waals surface area contributed by atoms with Gasteiger partial charge in [0.25, 0.3) is 0 Å². The van der Waals surface area contributed by atoms with E-state index in [1.54, 1.807) is 0 Å². The molecule has 0 aliphatic heterocycles. The molecule has 0 amide bonds. The van der Waals surface area contributed by atoms with Crippen molar-refractivity contribution in [2.75, 3.05) is 25.4 Å². The number of hydrogen-bond donors (Lipinski definition) is 3. The number of rotatable bonds is 7. The number of aliphatic hydroxyl groups excluding tert-OH is 1. The van der Waals surface area contributed by atoms with E-state index in [9.17, 15) is 9.90 Å². The van der Waals surface area contributed by atoms with Gasteiger partial charge in [0, 0.05) is 13.1 Å². The van der Waals surface area contributed by atoms with Crippen molar-refractivity contribution in [1.82, 2.24) is 30.2 Å². The van der Waals surface area contributed by atoms with Crippen LogP contribution in [0.2, 0.25) is 0 Å². The zero-order valence-corrected chi connectivity index (χ0v) is 11.3. The van der Waals surface area contributed by atoms with Crippen LogP contribution < -0.4 is 5.73 Å². The fourth-order valence-electron chi connectivity index (χ4n) is 1.82. The van der Waals surface area contributed by atoms with Crippen LogP contribution in [0.4, 0.5) is 5.82 Å². The van der Waals surface area contributed by atoms with Crippen molar-refractivity contribution in [3.05, 3.63) is 11.4 Å². The SMILES string of the molecule is CCN(CCO)Cc1c(C(=O)O)nnn1-c1nonc1N. The van der Waals surface area contributed by atoms with E-state index in [-0.39, 0.29) is 36.2 Å². The summed E-state index contributed by atoms with van der Waals surface area (Å²) in [5.74, 6) is -1.17. The van der Waals surface area contributed by atoms with Gasteiger partial charge in [0.05, 0.1) is 12.3 Å². The number of nitrogens with two attached hydrogens (primary N) is 1. The summed E-state index contributed by atoms with van der Waals surface area (Å²) >= 11 is 0. The summed E-state index contributed by atoms with van der Waals surface area (Å²) in [4.78, 5) is 13.1. The van der Waals surface area contributed by atoms with Crippen LogP contribution in [0.3, 0.4) is 0 Å². The fourth-order valence-corrected chi connectivity index (χ4v) is 1.82. The Morgan fingerprint density at radius 2 is 2.24 bits per heavy atom. The van der Waals surface area contributed by atoms with Crippen LogP contribution in [-0.4, -0.2) is 66.1 Å². The molecule has 4 N–H and O–H groups in total. The number of anilines is 1. The van der Waals surface area contributed by atoms with Crippen LogP contribution in [0.5, 0.6) is 0 Å². The van der Waals surface area contributed by atoms with E-state index in [1.165, 1.54) is 4.68 Å². The summed E-state index contributed by atoms with van der Waals surface area (Å²) in [7, 11) is 0. The molecule has 21 heavy (non-hydrogen) atoms. The molecule has 0 unspecified atom stereocenters. The lowest BCUT2D eigenvalue weighted by atomic mass is 10.3. The van der Waals surface area contributed by atoms with E-state index < -0.39 is 5.97 Å². The van der Waals surface area contributed by atoms with Crippen molar-refractivity contribution in [3.8, 4) is 5.82 Å². The lowest BCUT2D eigenvalue weighted by Gasteiger charge is -2.19. The van der Waals surface area contributed by atoms with Crippen LogP contribution >= 0.6 is 0 Å². The van der Waals surface area contributed by atoms with Crippen LogP contribution in [-0.2, 0) is 6.54 Å². The molecule has 2 heterocycles. The van der Waals surface area contributed by atoms with Crippen molar-refractivity contribution in [1.29, 1.82) is 0 Å². The molecule has 0 aliphatic rings. The smallest absolute Gasteiger partial charge is 0.358 e. The standard InChI is InChI=1S/C10H15N7O4/c1-2-16(3-4-18)5-6-7(10(19)20)12-15-17(6)9-8(11)13-21-14-9/h18H,2-5H2,1H3,(H2,11,13)(H,19,20). The van der Waals surface area contributed by atoms with Gasteiger partial charge in [0.1, 0.15) is 0 Å². The Morgan fingerprint density at radius 3 is 2.76 bits per heavy atom. The van der Waals surface area contributed by atoms with Gasteiger partial charge in [0.15, 0.2) is 5.69 Å². The van der Waals surface area contributed by atoms with E-state index in [4.69, 9.17) is 10.8 Å². The molecule has 114 valence electrons. The number of nitrogen functional groups attached to an aromatic ring is 1. The second-order valence-corrected chi connectivity index (χ2v) is 4.17. The van der Waals surface area contributed by atoms with Crippen LogP contribution in [0, 0.1) is 0 Å². The number of hydrogen-bond acceptors (Lipinski definition) is 9. The molecule has 0 aliphatic carbocycles. The predicted octanol–water partition coefficient (Wildman–Crippen LogP) is -1.26. The zero-order chi connectivity index (χ0) is 15.4. The summed E-state index contributed by atoms with van der Waals surface area (Å²) in [6, 6.07) is 0. The highest BCUT2D eigenvalue weighted by Crippen LogP contribution is 2.17. The monoisotopic (exact) mass is 297 g/mol. The Balaban J connectivity index is 2.43.